The fraction of sp³-hybridized carbons (Fsp3) is 0.312. The molecule has 8 heteroatoms. The van der Waals surface area contributed by atoms with Crippen molar-refractivity contribution in [1.82, 2.24) is 15.1 Å². The van der Waals surface area contributed by atoms with Crippen LogP contribution in [0.5, 0.6) is 0 Å². The predicted molar refractivity (Wildman–Crippen MR) is 88.4 cm³/mol. The number of amides is 1. The lowest BCUT2D eigenvalue weighted by molar-refractivity contribution is -0.122. The third kappa shape index (κ3) is 4.08. The maximum Gasteiger partial charge on any atom is 0.267 e. The molecule has 0 bridgehead atoms. The van der Waals surface area contributed by atoms with Crippen LogP contribution < -0.4 is 10.9 Å². The zero-order valence-electron chi connectivity index (χ0n) is 13.7. The number of hydrogen-bond acceptors (Lipinski definition) is 5. The van der Waals surface area contributed by atoms with Gasteiger partial charge in [-0.1, -0.05) is 17.7 Å². The average Bonchev–Trinajstić information content (AvgIpc) is 2.49. The summed E-state index contributed by atoms with van der Waals surface area (Å²) in [4.78, 5) is 23.7. The molecule has 0 spiro atoms. The fourth-order valence-electron chi connectivity index (χ4n) is 2.03. The highest BCUT2D eigenvalue weighted by Crippen LogP contribution is 2.18. The van der Waals surface area contributed by atoms with E-state index in [0.717, 1.165) is 22.4 Å². The molecule has 1 amide bonds. The minimum atomic E-state index is -3.86. The van der Waals surface area contributed by atoms with Crippen LogP contribution in [-0.2, 0) is 21.2 Å². The molecule has 2 aromatic rings. The first-order chi connectivity index (χ1) is 11.2. The van der Waals surface area contributed by atoms with Gasteiger partial charge in [0.05, 0.1) is 4.90 Å². The molecule has 0 fully saturated rings. The Hall–Kier alpha value is -2.48. The topological polar surface area (TPSA) is 98.1 Å². The van der Waals surface area contributed by atoms with E-state index in [9.17, 15) is 18.0 Å². The average molecular weight is 349 g/mol. The first-order valence-electron chi connectivity index (χ1n) is 7.39. The van der Waals surface area contributed by atoms with Gasteiger partial charge < -0.3 is 5.32 Å². The summed E-state index contributed by atoms with van der Waals surface area (Å²) in [5, 5.41) is 6.20. The number of nitrogens with one attached hydrogen (secondary N) is 1. The molecule has 7 nitrogen and oxygen atoms in total. The molecule has 1 aromatic carbocycles. The van der Waals surface area contributed by atoms with Crippen molar-refractivity contribution in [3.05, 3.63) is 52.3 Å². The van der Waals surface area contributed by atoms with Gasteiger partial charge in [0.25, 0.3) is 5.56 Å². The van der Waals surface area contributed by atoms with E-state index >= 15 is 0 Å². The quantitative estimate of drug-likeness (QED) is 0.865. The predicted octanol–water partition coefficient (Wildman–Crippen LogP) is 0.909. The Bertz CT molecular complexity index is 900. The van der Waals surface area contributed by atoms with Crippen molar-refractivity contribution < 1.29 is 13.2 Å². The zero-order chi connectivity index (χ0) is 17.9. The molecule has 0 unspecified atom stereocenters. The van der Waals surface area contributed by atoms with Gasteiger partial charge in [-0.05, 0) is 39.0 Å². The Morgan fingerprint density at radius 3 is 2.38 bits per heavy atom. The highest BCUT2D eigenvalue weighted by molar-refractivity contribution is 7.91. The van der Waals surface area contributed by atoms with Crippen LogP contribution in [-0.4, -0.2) is 30.1 Å². The van der Waals surface area contributed by atoms with E-state index in [0.29, 0.717) is 0 Å². The fourth-order valence-corrected chi connectivity index (χ4v) is 3.22. The molecule has 0 aliphatic rings. The van der Waals surface area contributed by atoms with Crippen molar-refractivity contribution in [2.75, 3.05) is 0 Å². The van der Waals surface area contributed by atoms with E-state index in [2.05, 4.69) is 10.4 Å². The Morgan fingerprint density at radius 1 is 1.17 bits per heavy atom. The van der Waals surface area contributed by atoms with E-state index in [1.54, 1.807) is 26.0 Å². The second-order valence-corrected chi connectivity index (χ2v) is 7.60. The van der Waals surface area contributed by atoms with Crippen LogP contribution in [0.2, 0.25) is 0 Å². The highest BCUT2D eigenvalue weighted by atomic mass is 32.2. The Morgan fingerprint density at radius 2 is 1.79 bits per heavy atom. The molecule has 0 atom stereocenters. The van der Waals surface area contributed by atoms with Gasteiger partial charge in [-0.15, -0.1) is 0 Å². The van der Waals surface area contributed by atoms with Crippen molar-refractivity contribution in [2.45, 2.75) is 43.3 Å². The number of nitrogens with zero attached hydrogens (tertiary/aromatic N) is 2. The molecule has 1 heterocycles. The molecule has 0 radical (unpaired) electrons. The molecular formula is C16H19N3O4S. The summed E-state index contributed by atoms with van der Waals surface area (Å²) in [7, 11) is -3.86. The summed E-state index contributed by atoms with van der Waals surface area (Å²) in [5.41, 5.74) is 0.383. The van der Waals surface area contributed by atoms with E-state index in [-0.39, 0.29) is 22.5 Å². The van der Waals surface area contributed by atoms with Crippen LogP contribution in [0.1, 0.15) is 19.4 Å². The Balaban J connectivity index is 2.38. The largest absolute Gasteiger partial charge is 0.352 e. The molecule has 2 rings (SSSR count). The van der Waals surface area contributed by atoms with E-state index in [1.165, 1.54) is 12.1 Å². The van der Waals surface area contributed by atoms with Crippen LogP contribution in [0, 0.1) is 6.92 Å². The standard InChI is InChI=1S/C16H19N3O4S/c1-11(2)17-14(20)10-19-16(21)9-8-15(18-19)24(22,23)13-6-4-12(3)5-7-13/h4-9,11H,10H2,1-3H3,(H,17,20). The van der Waals surface area contributed by atoms with Gasteiger partial charge in [0.1, 0.15) is 6.54 Å². The van der Waals surface area contributed by atoms with Gasteiger partial charge in [-0.2, -0.15) is 5.10 Å². The first-order valence-corrected chi connectivity index (χ1v) is 8.88. The van der Waals surface area contributed by atoms with Gasteiger partial charge >= 0.3 is 0 Å². The second kappa shape index (κ2) is 6.96. The zero-order valence-corrected chi connectivity index (χ0v) is 14.5. The van der Waals surface area contributed by atoms with E-state index < -0.39 is 21.3 Å². The lowest BCUT2D eigenvalue weighted by Crippen LogP contribution is -2.37. The molecule has 128 valence electrons. The summed E-state index contributed by atoms with van der Waals surface area (Å²) in [5.74, 6) is -0.413. The summed E-state index contributed by atoms with van der Waals surface area (Å²) < 4.78 is 26.0. The molecule has 24 heavy (non-hydrogen) atoms. The minimum absolute atomic E-state index is 0.0810. The molecule has 0 saturated heterocycles. The summed E-state index contributed by atoms with van der Waals surface area (Å²) in [6, 6.07) is 8.47. The minimum Gasteiger partial charge on any atom is -0.352 e. The third-order valence-corrected chi connectivity index (χ3v) is 4.85. The van der Waals surface area contributed by atoms with E-state index in [4.69, 9.17) is 0 Å². The van der Waals surface area contributed by atoms with Gasteiger partial charge in [-0.3, -0.25) is 9.59 Å². The highest BCUT2D eigenvalue weighted by Gasteiger charge is 2.21. The Kier molecular flexibility index (Phi) is 5.18. The monoisotopic (exact) mass is 349 g/mol. The number of sulfone groups is 1. The van der Waals surface area contributed by atoms with Crippen LogP contribution >= 0.6 is 0 Å². The lowest BCUT2D eigenvalue weighted by Gasteiger charge is -2.10. The number of aromatic nitrogens is 2. The second-order valence-electron chi connectivity index (χ2n) is 5.71. The van der Waals surface area contributed by atoms with Crippen LogP contribution in [0.15, 0.2) is 51.1 Å². The van der Waals surface area contributed by atoms with Crippen molar-refractivity contribution >= 4 is 15.7 Å². The lowest BCUT2D eigenvalue weighted by atomic mass is 10.2. The normalized spacial score (nSPS) is 11.5. The maximum atomic E-state index is 12.6. The SMILES string of the molecule is Cc1ccc(S(=O)(=O)c2ccc(=O)n(CC(=O)NC(C)C)n2)cc1. The van der Waals surface area contributed by atoms with Gasteiger partial charge in [0, 0.05) is 12.1 Å². The van der Waals surface area contributed by atoms with Crippen molar-refractivity contribution in [2.24, 2.45) is 0 Å². The van der Waals surface area contributed by atoms with Crippen LogP contribution in [0.4, 0.5) is 0 Å². The van der Waals surface area contributed by atoms with Crippen LogP contribution in [0.25, 0.3) is 0 Å². The summed E-state index contributed by atoms with van der Waals surface area (Å²) >= 11 is 0. The van der Waals surface area contributed by atoms with Gasteiger partial charge in [0.2, 0.25) is 15.7 Å². The number of hydrogen-bond donors (Lipinski definition) is 1. The third-order valence-electron chi connectivity index (χ3n) is 3.19. The molecule has 0 saturated carbocycles. The number of carbonyl (C=O) groups is 1. The molecular weight excluding hydrogens is 330 g/mol. The summed E-state index contributed by atoms with van der Waals surface area (Å²) in [6.45, 7) is 5.08. The number of carbonyl (C=O) groups excluding carboxylic acids is 1. The number of rotatable bonds is 5. The molecule has 0 aliphatic heterocycles. The maximum absolute atomic E-state index is 12.6. The Labute approximate surface area is 140 Å². The molecule has 1 N–H and O–H groups in total. The van der Waals surface area contributed by atoms with Crippen LogP contribution in [0.3, 0.4) is 0 Å². The van der Waals surface area contributed by atoms with Crippen molar-refractivity contribution in [1.29, 1.82) is 0 Å². The van der Waals surface area contributed by atoms with Gasteiger partial charge in [-0.25, -0.2) is 13.1 Å². The number of aryl methyl sites for hydroxylation is 1. The smallest absolute Gasteiger partial charge is 0.267 e. The molecule has 1 aromatic heterocycles. The summed E-state index contributed by atoms with van der Waals surface area (Å²) in [6.07, 6.45) is 0. The van der Waals surface area contributed by atoms with Crippen molar-refractivity contribution in [3.8, 4) is 0 Å². The van der Waals surface area contributed by atoms with Crippen molar-refractivity contribution in [3.63, 3.8) is 0 Å². The van der Waals surface area contributed by atoms with Gasteiger partial charge in [0.15, 0.2) is 5.03 Å². The number of benzene rings is 1. The molecule has 0 aliphatic carbocycles. The van der Waals surface area contributed by atoms with E-state index in [1.807, 2.05) is 6.92 Å². The first kappa shape index (κ1) is 17.9.